The molecule has 2 atom stereocenters. The van der Waals surface area contributed by atoms with E-state index in [9.17, 15) is 13.2 Å². The zero-order chi connectivity index (χ0) is 25.4. The highest BCUT2D eigenvalue weighted by atomic mass is 35.5. The summed E-state index contributed by atoms with van der Waals surface area (Å²) in [5, 5.41) is 3.73. The van der Waals surface area contributed by atoms with Crippen LogP contribution >= 0.6 is 22.9 Å². The highest BCUT2D eigenvalue weighted by Gasteiger charge is 2.31. The highest BCUT2D eigenvalue weighted by molar-refractivity contribution is 7.93. The van der Waals surface area contributed by atoms with Crippen LogP contribution in [0.3, 0.4) is 0 Å². The summed E-state index contributed by atoms with van der Waals surface area (Å²) < 4.78 is 29.7. The van der Waals surface area contributed by atoms with E-state index in [1.165, 1.54) is 11.3 Å². The summed E-state index contributed by atoms with van der Waals surface area (Å²) in [7, 11) is -3.70. The lowest BCUT2D eigenvalue weighted by molar-refractivity contribution is -0.136. The Balaban J connectivity index is 0.00000200. The molecule has 2 aromatic heterocycles. The molecule has 192 valence electrons. The Morgan fingerprint density at radius 1 is 1.19 bits per heavy atom. The smallest absolute Gasteiger partial charge is 0.263 e. The van der Waals surface area contributed by atoms with Crippen molar-refractivity contribution in [3.8, 4) is 0 Å². The molecule has 1 N–H and O–H groups in total. The van der Waals surface area contributed by atoms with Gasteiger partial charge in [-0.15, -0.1) is 11.3 Å². The van der Waals surface area contributed by atoms with E-state index in [4.69, 9.17) is 11.6 Å². The van der Waals surface area contributed by atoms with Crippen molar-refractivity contribution in [1.29, 1.82) is 0 Å². The molecule has 0 saturated carbocycles. The molecule has 4 aromatic rings. The van der Waals surface area contributed by atoms with E-state index >= 15 is 0 Å². The molecule has 1 amide bonds. The number of hydrogen-bond acceptors (Lipinski definition) is 6. The monoisotopic (exact) mass is 547 g/mol. The van der Waals surface area contributed by atoms with Gasteiger partial charge in [-0.25, -0.2) is 13.4 Å². The topological polar surface area (TPSA) is 87.5 Å². The van der Waals surface area contributed by atoms with Crippen molar-refractivity contribution >= 4 is 60.6 Å². The van der Waals surface area contributed by atoms with E-state index in [-0.39, 0.29) is 25.7 Å². The highest BCUT2D eigenvalue weighted by Crippen LogP contribution is 2.27. The third kappa shape index (κ3) is 4.80. The first-order chi connectivity index (χ1) is 17.2. The molecule has 8 nitrogen and oxygen atoms in total. The predicted molar refractivity (Wildman–Crippen MR) is 149 cm³/mol. The van der Waals surface area contributed by atoms with Crippen molar-refractivity contribution in [3.05, 3.63) is 71.3 Å². The third-order valence-corrected chi connectivity index (χ3v) is 8.94. The lowest BCUT2D eigenvalue weighted by Gasteiger charge is -2.42. The second kappa shape index (κ2) is 9.76. The van der Waals surface area contributed by atoms with E-state index in [0.29, 0.717) is 29.8 Å². The molecule has 1 aliphatic heterocycles. The van der Waals surface area contributed by atoms with Gasteiger partial charge in [0, 0.05) is 57.0 Å². The van der Waals surface area contributed by atoms with Crippen molar-refractivity contribution in [3.63, 3.8) is 0 Å². The molecule has 1 fully saturated rings. The zero-order valence-corrected chi connectivity index (χ0v) is 22.2. The molecule has 0 spiro atoms. The molecule has 0 bridgehead atoms. The lowest BCUT2D eigenvalue weighted by atomic mass is 10.1. The Labute approximate surface area is 222 Å². The van der Waals surface area contributed by atoms with Gasteiger partial charge in [-0.1, -0.05) is 17.7 Å². The second-order valence-electron chi connectivity index (χ2n) is 8.87. The van der Waals surface area contributed by atoms with Gasteiger partial charge in [-0.05, 0) is 61.7 Å². The van der Waals surface area contributed by atoms with Gasteiger partial charge in [-0.3, -0.25) is 9.52 Å². The van der Waals surface area contributed by atoms with Crippen LogP contribution in [0.2, 0.25) is 5.02 Å². The minimum atomic E-state index is -3.70. The van der Waals surface area contributed by atoms with E-state index in [1.54, 1.807) is 35.8 Å². The first-order valence-corrected chi connectivity index (χ1v) is 14.3. The van der Waals surface area contributed by atoms with E-state index in [0.717, 1.165) is 16.6 Å². The molecule has 1 aliphatic rings. The number of nitrogens with one attached hydrogen (secondary N) is 1. The van der Waals surface area contributed by atoms with Gasteiger partial charge in [-0.2, -0.15) is 0 Å². The summed E-state index contributed by atoms with van der Waals surface area (Å²) in [6.07, 6.45) is 3.48. The molecule has 2 aromatic carbocycles. The fourth-order valence-electron chi connectivity index (χ4n) is 4.62. The number of benzene rings is 2. The number of rotatable bonds is 6. The number of nitrogens with zero attached hydrogens (tertiary/aromatic N) is 4. The van der Waals surface area contributed by atoms with E-state index in [1.807, 2.05) is 53.8 Å². The molecule has 0 radical (unpaired) electrons. The van der Waals surface area contributed by atoms with Crippen LogP contribution in [-0.4, -0.2) is 54.5 Å². The van der Waals surface area contributed by atoms with Crippen LogP contribution in [0, 0.1) is 0 Å². The molecular formula is C25H30ClN5O3S2. The van der Waals surface area contributed by atoms with Gasteiger partial charge in [0.1, 0.15) is 6.04 Å². The average molecular weight is 548 g/mol. The van der Waals surface area contributed by atoms with Gasteiger partial charge in [0.2, 0.25) is 5.91 Å². The Hall–Kier alpha value is -3.08. The minimum Gasteiger partial charge on any atom is -0.368 e. The maximum Gasteiger partial charge on any atom is 0.263 e. The van der Waals surface area contributed by atoms with Crippen molar-refractivity contribution in [1.82, 2.24) is 14.5 Å². The van der Waals surface area contributed by atoms with E-state index < -0.39 is 10.0 Å². The summed E-state index contributed by atoms with van der Waals surface area (Å²) in [5.74, 6) is 0.0642. The number of hydrogen-bond donors (Lipinski definition) is 1. The number of anilines is 2. The number of aromatic nitrogens is 2. The number of piperazine rings is 1. The predicted octanol–water partition coefficient (Wildman–Crippen LogP) is 5.34. The first-order valence-electron chi connectivity index (χ1n) is 11.6. The molecule has 1 saturated heterocycles. The van der Waals surface area contributed by atoms with Crippen molar-refractivity contribution in [2.75, 3.05) is 29.3 Å². The SMILES string of the molecule is C[C@H](C(=O)N1CCN(c2ccc(S(=O)(=O)Nc3nccs3)cc2)C[C@@H]1C)n1ccc2ccc(Cl)cc21.[HH].[HH]. The molecular weight excluding hydrogens is 518 g/mol. The van der Waals surface area contributed by atoms with Crippen LogP contribution in [0.1, 0.15) is 22.7 Å². The van der Waals surface area contributed by atoms with Gasteiger partial charge >= 0.3 is 0 Å². The summed E-state index contributed by atoms with van der Waals surface area (Å²) in [6, 6.07) is 14.1. The van der Waals surface area contributed by atoms with Crippen molar-refractivity contribution < 1.29 is 16.1 Å². The molecule has 3 heterocycles. The third-order valence-electron chi connectivity index (χ3n) is 6.54. The fourth-order valence-corrected chi connectivity index (χ4v) is 6.58. The molecule has 0 aliphatic carbocycles. The van der Waals surface area contributed by atoms with Crippen LogP contribution in [0.5, 0.6) is 0 Å². The van der Waals surface area contributed by atoms with Gasteiger partial charge in [0.15, 0.2) is 5.13 Å². The van der Waals surface area contributed by atoms with Crippen LogP contribution in [0.15, 0.2) is 71.2 Å². The van der Waals surface area contributed by atoms with Gasteiger partial charge < -0.3 is 14.4 Å². The number of carbonyl (C=O) groups is 1. The maximum atomic E-state index is 13.4. The standard InChI is InChI=1S/C25H26ClN5O3S2.2H2/c1-17-16-29(21-5-7-22(8-6-21)36(33,34)28-25-27-10-14-35-25)12-13-30(17)24(32)18(2)31-11-9-19-3-4-20(26)15-23(19)31;;/h3-11,14-15,17-18H,12-13,16H2,1-2H3,(H,27,28);2*1H/t17-,18+;;/m0../s1. The molecule has 36 heavy (non-hydrogen) atoms. The quantitative estimate of drug-likeness (QED) is 0.352. The first kappa shape index (κ1) is 24.6. The Bertz CT molecular complexity index is 1500. The molecule has 11 heteroatoms. The van der Waals surface area contributed by atoms with Crippen molar-refractivity contribution in [2.45, 2.75) is 30.8 Å². The van der Waals surface area contributed by atoms with Crippen molar-refractivity contribution in [2.24, 2.45) is 0 Å². The largest absolute Gasteiger partial charge is 0.368 e. The fraction of sp³-hybridized carbons (Fsp3) is 0.280. The number of fused-ring (bicyclic) bond motifs is 1. The Morgan fingerprint density at radius 3 is 2.67 bits per heavy atom. The minimum absolute atomic E-state index is 0. The summed E-state index contributed by atoms with van der Waals surface area (Å²) >= 11 is 7.42. The van der Waals surface area contributed by atoms with Gasteiger partial charge in [0.25, 0.3) is 10.0 Å². The summed E-state index contributed by atoms with van der Waals surface area (Å²) in [5.41, 5.74) is 1.86. The van der Waals surface area contributed by atoms with Gasteiger partial charge in [0.05, 0.1) is 10.4 Å². The zero-order valence-electron chi connectivity index (χ0n) is 19.8. The number of carbonyl (C=O) groups excluding carboxylic acids is 1. The normalized spacial score (nSPS) is 17.4. The summed E-state index contributed by atoms with van der Waals surface area (Å²) in [4.78, 5) is 21.7. The lowest BCUT2D eigenvalue weighted by Crippen LogP contribution is -2.55. The number of thiazole rings is 1. The number of sulfonamides is 1. The van der Waals surface area contributed by atoms with Crippen LogP contribution in [0.25, 0.3) is 10.9 Å². The molecule has 0 unspecified atom stereocenters. The van der Waals surface area contributed by atoms with E-state index in [2.05, 4.69) is 14.6 Å². The maximum absolute atomic E-state index is 13.4. The summed E-state index contributed by atoms with van der Waals surface area (Å²) in [6.45, 7) is 5.85. The number of halogens is 1. The van der Waals surface area contributed by atoms with Crippen LogP contribution in [-0.2, 0) is 14.8 Å². The number of amides is 1. The molecule has 5 rings (SSSR count). The average Bonchev–Trinajstić information content (AvgIpc) is 3.52. The van der Waals surface area contributed by atoms with Crippen LogP contribution < -0.4 is 9.62 Å². The Morgan fingerprint density at radius 2 is 1.97 bits per heavy atom. The Kier molecular flexibility index (Phi) is 6.67. The van der Waals surface area contributed by atoms with Crippen LogP contribution in [0.4, 0.5) is 10.8 Å². The second-order valence-corrected chi connectivity index (χ2v) is 11.9.